The van der Waals surface area contributed by atoms with Crippen molar-refractivity contribution in [3.8, 4) is 5.75 Å². The van der Waals surface area contributed by atoms with Gasteiger partial charge in [-0.25, -0.2) is 4.79 Å². The van der Waals surface area contributed by atoms with Gasteiger partial charge in [-0.15, -0.1) is 0 Å². The Hall–Kier alpha value is -2.83. The Morgan fingerprint density at radius 2 is 1.95 bits per heavy atom. The minimum Gasteiger partial charge on any atom is -0.494 e. The van der Waals surface area contributed by atoms with Gasteiger partial charge in [0.25, 0.3) is 5.56 Å². The number of H-pyrrole nitrogens is 1. The minimum atomic E-state index is -0.602. The fourth-order valence-electron chi connectivity index (χ4n) is 1.79. The zero-order chi connectivity index (χ0) is 15.8. The van der Waals surface area contributed by atoms with Crippen LogP contribution in [0.3, 0.4) is 0 Å². The number of nitrogens with one attached hydrogen (secondary N) is 2. The summed E-state index contributed by atoms with van der Waals surface area (Å²) in [6, 6.07) is 10.6. The lowest BCUT2D eigenvalue weighted by Crippen LogP contribution is -2.35. The van der Waals surface area contributed by atoms with E-state index in [0.29, 0.717) is 19.6 Å². The summed E-state index contributed by atoms with van der Waals surface area (Å²) in [4.78, 5) is 36.1. The predicted molar refractivity (Wildman–Crippen MR) is 80.9 cm³/mol. The first-order valence-electron chi connectivity index (χ1n) is 6.89. The molecule has 7 nitrogen and oxygen atoms in total. The van der Waals surface area contributed by atoms with Crippen molar-refractivity contribution in [3.63, 3.8) is 0 Å². The molecule has 116 valence electrons. The molecule has 0 aliphatic heterocycles. The van der Waals surface area contributed by atoms with Crippen molar-refractivity contribution in [1.29, 1.82) is 0 Å². The van der Waals surface area contributed by atoms with Gasteiger partial charge in [0.15, 0.2) is 0 Å². The molecule has 0 bridgehead atoms. The predicted octanol–water partition coefficient (Wildman–Crippen LogP) is 0.122. The van der Waals surface area contributed by atoms with Gasteiger partial charge in [-0.2, -0.15) is 0 Å². The lowest BCUT2D eigenvalue weighted by Gasteiger charge is -2.08. The molecule has 0 fully saturated rings. The van der Waals surface area contributed by atoms with Crippen LogP contribution in [0.1, 0.15) is 6.42 Å². The SMILES string of the molecule is O=C(Cn1ccc(=O)[nH]c1=O)NCCCOc1ccccc1. The highest BCUT2D eigenvalue weighted by atomic mass is 16.5. The molecule has 22 heavy (non-hydrogen) atoms. The van der Waals surface area contributed by atoms with Crippen molar-refractivity contribution in [1.82, 2.24) is 14.9 Å². The van der Waals surface area contributed by atoms with Crippen LogP contribution in [0.5, 0.6) is 5.75 Å². The lowest BCUT2D eigenvalue weighted by molar-refractivity contribution is -0.121. The van der Waals surface area contributed by atoms with Crippen molar-refractivity contribution in [2.45, 2.75) is 13.0 Å². The third-order valence-corrected chi connectivity index (χ3v) is 2.87. The number of amides is 1. The summed E-state index contributed by atoms with van der Waals surface area (Å²) in [6.45, 7) is 0.807. The number of para-hydroxylation sites is 1. The van der Waals surface area contributed by atoms with Crippen LogP contribution in [-0.4, -0.2) is 28.6 Å². The van der Waals surface area contributed by atoms with Crippen LogP contribution in [0.25, 0.3) is 0 Å². The van der Waals surface area contributed by atoms with Gasteiger partial charge >= 0.3 is 5.69 Å². The number of benzene rings is 1. The number of carbonyl (C=O) groups is 1. The van der Waals surface area contributed by atoms with E-state index in [-0.39, 0.29) is 12.5 Å². The van der Waals surface area contributed by atoms with Crippen LogP contribution < -0.4 is 21.3 Å². The second kappa shape index (κ2) is 7.82. The van der Waals surface area contributed by atoms with E-state index in [4.69, 9.17) is 4.74 Å². The summed E-state index contributed by atoms with van der Waals surface area (Å²) in [7, 11) is 0. The third kappa shape index (κ3) is 4.93. The molecule has 0 aliphatic rings. The largest absolute Gasteiger partial charge is 0.494 e. The highest BCUT2D eigenvalue weighted by molar-refractivity contribution is 5.75. The number of nitrogens with zero attached hydrogens (tertiary/aromatic N) is 1. The van der Waals surface area contributed by atoms with Gasteiger partial charge in [0.05, 0.1) is 6.61 Å². The molecular formula is C15H17N3O4. The number of ether oxygens (including phenoxy) is 1. The second-order valence-electron chi connectivity index (χ2n) is 4.60. The molecule has 7 heteroatoms. The average molecular weight is 303 g/mol. The first-order valence-corrected chi connectivity index (χ1v) is 6.89. The zero-order valence-electron chi connectivity index (χ0n) is 12.0. The maximum Gasteiger partial charge on any atom is 0.328 e. The molecule has 2 N–H and O–H groups in total. The Bertz CT molecular complexity index is 721. The topological polar surface area (TPSA) is 93.2 Å². The molecule has 0 radical (unpaired) electrons. The Morgan fingerprint density at radius 3 is 2.68 bits per heavy atom. The van der Waals surface area contributed by atoms with Gasteiger partial charge in [0.2, 0.25) is 5.91 Å². The molecule has 0 spiro atoms. The molecule has 1 aromatic heterocycles. The maximum atomic E-state index is 11.7. The van der Waals surface area contributed by atoms with Gasteiger partial charge in [-0.1, -0.05) is 18.2 Å². The van der Waals surface area contributed by atoms with Gasteiger partial charge in [-0.05, 0) is 18.6 Å². The minimum absolute atomic E-state index is 0.130. The highest BCUT2D eigenvalue weighted by Gasteiger charge is 2.04. The van der Waals surface area contributed by atoms with Crippen LogP contribution in [-0.2, 0) is 11.3 Å². The van der Waals surface area contributed by atoms with E-state index < -0.39 is 11.2 Å². The molecule has 1 heterocycles. The molecule has 0 saturated heterocycles. The molecule has 0 saturated carbocycles. The van der Waals surface area contributed by atoms with E-state index in [9.17, 15) is 14.4 Å². The molecule has 0 atom stereocenters. The van der Waals surface area contributed by atoms with E-state index in [1.54, 1.807) is 0 Å². The Labute approximate surface area is 126 Å². The summed E-state index contributed by atoms with van der Waals surface area (Å²) < 4.78 is 6.63. The smallest absolute Gasteiger partial charge is 0.328 e. The molecule has 1 amide bonds. The fraction of sp³-hybridized carbons (Fsp3) is 0.267. The van der Waals surface area contributed by atoms with E-state index in [2.05, 4.69) is 10.3 Å². The first-order chi connectivity index (χ1) is 10.6. The number of hydrogen-bond acceptors (Lipinski definition) is 4. The van der Waals surface area contributed by atoms with Crippen molar-refractivity contribution in [2.75, 3.05) is 13.2 Å². The highest BCUT2D eigenvalue weighted by Crippen LogP contribution is 2.07. The summed E-state index contributed by atoms with van der Waals surface area (Å²) in [5, 5.41) is 2.69. The van der Waals surface area contributed by atoms with E-state index in [1.165, 1.54) is 12.3 Å². The van der Waals surface area contributed by atoms with E-state index >= 15 is 0 Å². The van der Waals surface area contributed by atoms with Gasteiger partial charge in [0, 0.05) is 18.8 Å². The second-order valence-corrected chi connectivity index (χ2v) is 4.60. The number of carbonyl (C=O) groups excluding carboxylic acids is 1. The van der Waals surface area contributed by atoms with E-state index in [1.807, 2.05) is 30.3 Å². The molecule has 1 aromatic carbocycles. The molecule has 0 aliphatic carbocycles. The van der Waals surface area contributed by atoms with E-state index in [0.717, 1.165) is 10.3 Å². The first kappa shape index (κ1) is 15.6. The van der Waals surface area contributed by atoms with Crippen LogP contribution >= 0.6 is 0 Å². The number of aromatic nitrogens is 2. The average Bonchev–Trinajstić information content (AvgIpc) is 2.51. The van der Waals surface area contributed by atoms with Crippen LogP contribution in [0.2, 0.25) is 0 Å². The van der Waals surface area contributed by atoms with Crippen molar-refractivity contribution >= 4 is 5.91 Å². The zero-order valence-corrected chi connectivity index (χ0v) is 12.0. The third-order valence-electron chi connectivity index (χ3n) is 2.87. The maximum absolute atomic E-state index is 11.7. The number of rotatable bonds is 7. The molecule has 2 rings (SSSR count). The van der Waals surface area contributed by atoms with Crippen LogP contribution in [0, 0.1) is 0 Å². The standard InChI is InChI=1S/C15H17N3O4/c19-13-7-9-18(15(21)17-13)11-14(20)16-8-4-10-22-12-5-2-1-3-6-12/h1-3,5-7,9H,4,8,10-11H2,(H,16,20)(H,17,19,21). The number of aromatic amines is 1. The molecule has 0 unspecified atom stereocenters. The van der Waals surface area contributed by atoms with Crippen molar-refractivity contribution in [3.05, 3.63) is 63.4 Å². The van der Waals surface area contributed by atoms with Crippen molar-refractivity contribution < 1.29 is 9.53 Å². The summed E-state index contributed by atoms with van der Waals surface area (Å²) in [6.07, 6.45) is 1.94. The Balaban J connectivity index is 1.67. The molecular weight excluding hydrogens is 286 g/mol. The summed E-state index contributed by atoms with van der Waals surface area (Å²) in [5.74, 6) is 0.488. The normalized spacial score (nSPS) is 10.2. The van der Waals surface area contributed by atoms with Gasteiger partial charge < -0.3 is 10.1 Å². The van der Waals surface area contributed by atoms with Crippen molar-refractivity contribution in [2.24, 2.45) is 0 Å². The quantitative estimate of drug-likeness (QED) is 0.711. The monoisotopic (exact) mass is 303 g/mol. The Kier molecular flexibility index (Phi) is 5.53. The van der Waals surface area contributed by atoms with Gasteiger partial charge in [0.1, 0.15) is 12.3 Å². The van der Waals surface area contributed by atoms with Gasteiger partial charge in [-0.3, -0.25) is 19.1 Å². The summed E-state index contributed by atoms with van der Waals surface area (Å²) >= 11 is 0. The van der Waals surface area contributed by atoms with Crippen LogP contribution in [0.15, 0.2) is 52.2 Å². The van der Waals surface area contributed by atoms with Crippen LogP contribution in [0.4, 0.5) is 0 Å². The molecule has 2 aromatic rings. The number of hydrogen-bond donors (Lipinski definition) is 2. The lowest BCUT2D eigenvalue weighted by atomic mass is 10.3. The summed E-state index contributed by atoms with van der Waals surface area (Å²) in [5.41, 5.74) is -1.09. The fourth-order valence-corrected chi connectivity index (χ4v) is 1.79. The Morgan fingerprint density at radius 1 is 1.18 bits per heavy atom.